The smallest absolute Gasteiger partial charge is 0.161 e. The van der Waals surface area contributed by atoms with Crippen LogP contribution >= 0.6 is 11.9 Å². The molecule has 0 saturated heterocycles. The van der Waals surface area contributed by atoms with E-state index < -0.39 is 0 Å². The van der Waals surface area contributed by atoms with E-state index in [1.165, 1.54) is 0 Å². The van der Waals surface area contributed by atoms with Crippen LogP contribution in [0.2, 0.25) is 0 Å². The fraction of sp³-hybridized carbons (Fsp3) is 0.286. The Bertz CT molecular complexity index is 242. The van der Waals surface area contributed by atoms with Gasteiger partial charge >= 0.3 is 0 Å². The van der Waals surface area contributed by atoms with Crippen LogP contribution in [0, 0.1) is 0 Å². The molecule has 1 heterocycles. The lowest BCUT2D eigenvalue weighted by molar-refractivity contribution is 0.101. The molecule has 0 amide bonds. The fourth-order valence-electron chi connectivity index (χ4n) is 0.699. The normalized spacial score (nSPS) is 9.80. The zero-order chi connectivity index (χ0) is 7.56. The Labute approximate surface area is 64.4 Å². The van der Waals surface area contributed by atoms with Gasteiger partial charge in [-0.05, 0) is 24.9 Å². The van der Waals surface area contributed by atoms with Crippen molar-refractivity contribution in [3.05, 3.63) is 24.0 Å². The van der Waals surface area contributed by atoms with Crippen LogP contribution < -0.4 is 0 Å². The Kier molecular flexibility index (Phi) is 2.17. The quantitative estimate of drug-likeness (QED) is 0.608. The minimum Gasteiger partial charge on any atom is -0.299 e. The van der Waals surface area contributed by atoms with Crippen molar-refractivity contribution >= 4 is 17.7 Å². The van der Waals surface area contributed by atoms with Crippen LogP contribution in [0.4, 0.5) is 0 Å². The number of hydrogen-bond donors (Lipinski definition) is 0. The van der Waals surface area contributed by atoms with Crippen molar-refractivity contribution in [3.8, 4) is 0 Å². The van der Waals surface area contributed by atoms with Crippen LogP contribution in [0.15, 0.2) is 18.5 Å². The van der Waals surface area contributed by atoms with Gasteiger partial charge in [0, 0.05) is 24.2 Å². The first kappa shape index (κ1) is 7.41. The SMILES string of the molecule is CSn1ccc(C(C)=O)c1. The minimum atomic E-state index is 0.118. The van der Waals surface area contributed by atoms with Crippen molar-refractivity contribution in [2.24, 2.45) is 0 Å². The van der Waals surface area contributed by atoms with Gasteiger partial charge in [-0.1, -0.05) is 0 Å². The molecule has 0 fully saturated rings. The number of rotatable bonds is 2. The van der Waals surface area contributed by atoms with Gasteiger partial charge in [-0.25, -0.2) is 0 Å². The summed E-state index contributed by atoms with van der Waals surface area (Å²) in [4.78, 5) is 10.8. The molecule has 0 aromatic carbocycles. The minimum absolute atomic E-state index is 0.118. The zero-order valence-corrected chi connectivity index (χ0v) is 6.81. The highest BCUT2D eigenvalue weighted by Crippen LogP contribution is 2.07. The lowest BCUT2D eigenvalue weighted by Gasteiger charge is -1.90. The first-order valence-electron chi connectivity index (χ1n) is 2.97. The van der Waals surface area contributed by atoms with E-state index >= 15 is 0 Å². The summed E-state index contributed by atoms with van der Waals surface area (Å²) in [5.74, 6) is 0.118. The summed E-state index contributed by atoms with van der Waals surface area (Å²) in [6.07, 6.45) is 5.66. The number of hydrogen-bond acceptors (Lipinski definition) is 2. The predicted octanol–water partition coefficient (Wildman–Crippen LogP) is 1.82. The van der Waals surface area contributed by atoms with Crippen LogP contribution in [-0.4, -0.2) is 16.0 Å². The van der Waals surface area contributed by atoms with Crippen molar-refractivity contribution in [3.63, 3.8) is 0 Å². The van der Waals surface area contributed by atoms with Gasteiger partial charge in [-0.15, -0.1) is 0 Å². The lowest BCUT2D eigenvalue weighted by atomic mass is 10.2. The summed E-state index contributed by atoms with van der Waals surface area (Å²) in [5.41, 5.74) is 0.773. The maximum atomic E-state index is 10.8. The highest BCUT2D eigenvalue weighted by molar-refractivity contribution is 7.97. The molecule has 3 heteroatoms. The second kappa shape index (κ2) is 2.92. The molecule has 0 N–H and O–H groups in total. The highest BCUT2D eigenvalue weighted by Gasteiger charge is 1.99. The summed E-state index contributed by atoms with van der Waals surface area (Å²) in [6, 6.07) is 1.82. The fourth-order valence-corrected chi connectivity index (χ4v) is 1.10. The average Bonchev–Trinajstić information content (AvgIpc) is 2.34. The van der Waals surface area contributed by atoms with Crippen LogP contribution in [-0.2, 0) is 0 Å². The maximum Gasteiger partial charge on any atom is 0.161 e. The molecular weight excluding hydrogens is 146 g/mol. The third kappa shape index (κ3) is 1.42. The van der Waals surface area contributed by atoms with E-state index in [1.54, 1.807) is 18.9 Å². The van der Waals surface area contributed by atoms with Crippen LogP contribution in [0.5, 0.6) is 0 Å². The largest absolute Gasteiger partial charge is 0.299 e. The Morgan fingerprint density at radius 2 is 2.40 bits per heavy atom. The molecule has 0 unspecified atom stereocenters. The first-order chi connectivity index (χ1) is 4.74. The molecule has 0 aliphatic heterocycles. The van der Waals surface area contributed by atoms with Gasteiger partial charge in [-0.3, -0.25) is 8.77 Å². The van der Waals surface area contributed by atoms with Gasteiger partial charge < -0.3 is 0 Å². The third-order valence-corrected chi connectivity index (χ3v) is 1.93. The van der Waals surface area contributed by atoms with E-state index in [4.69, 9.17) is 0 Å². The van der Waals surface area contributed by atoms with E-state index in [0.717, 1.165) is 5.56 Å². The summed E-state index contributed by atoms with van der Waals surface area (Å²) in [6.45, 7) is 1.57. The molecule has 1 rings (SSSR count). The zero-order valence-electron chi connectivity index (χ0n) is 6.00. The van der Waals surface area contributed by atoms with Gasteiger partial charge in [0.2, 0.25) is 0 Å². The number of carbonyl (C=O) groups is 1. The third-order valence-electron chi connectivity index (χ3n) is 1.28. The maximum absolute atomic E-state index is 10.8. The number of nitrogens with zero attached hydrogens (tertiary/aromatic N) is 1. The van der Waals surface area contributed by atoms with Crippen molar-refractivity contribution in [2.75, 3.05) is 6.26 Å². The highest BCUT2D eigenvalue weighted by atomic mass is 32.2. The molecule has 54 valence electrons. The summed E-state index contributed by atoms with van der Waals surface area (Å²) < 4.78 is 1.90. The molecule has 10 heavy (non-hydrogen) atoms. The second-order valence-corrected chi connectivity index (χ2v) is 2.79. The molecule has 0 saturated carbocycles. The molecule has 1 aromatic rings. The van der Waals surface area contributed by atoms with E-state index in [9.17, 15) is 4.79 Å². The molecule has 0 aliphatic carbocycles. The number of aromatic nitrogens is 1. The van der Waals surface area contributed by atoms with E-state index in [2.05, 4.69) is 0 Å². The van der Waals surface area contributed by atoms with Crippen molar-refractivity contribution in [2.45, 2.75) is 6.92 Å². The molecule has 0 spiro atoms. The van der Waals surface area contributed by atoms with E-state index in [1.807, 2.05) is 28.7 Å². The Morgan fingerprint density at radius 3 is 2.70 bits per heavy atom. The monoisotopic (exact) mass is 155 g/mol. The van der Waals surface area contributed by atoms with Gasteiger partial charge in [0.05, 0.1) is 0 Å². The van der Waals surface area contributed by atoms with E-state index in [0.29, 0.717) is 0 Å². The van der Waals surface area contributed by atoms with Crippen LogP contribution in [0.1, 0.15) is 17.3 Å². The van der Waals surface area contributed by atoms with Crippen molar-refractivity contribution in [1.29, 1.82) is 0 Å². The number of carbonyl (C=O) groups excluding carboxylic acids is 1. The Morgan fingerprint density at radius 1 is 1.70 bits per heavy atom. The van der Waals surface area contributed by atoms with Crippen LogP contribution in [0.25, 0.3) is 0 Å². The summed E-state index contributed by atoms with van der Waals surface area (Å²) in [7, 11) is 0. The van der Waals surface area contributed by atoms with Gasteiger partial charge in [-0.2, -0.15) is 0 Å². The molecule has 0 radical (unpaired) electrons. The molecular formula is C7H9NOS. The summed E-state index contributed by atoms with van der Waals surface area (Å²) in [5, 5.41) is 0. The topological polar surface area (TPSA) is 22.0 Å². The molecule has 1 aromatic heterocycles. The van der Waals surface area contributed by atoms with Crippen LogP contribution in [0.3, 0.4) is 0 Å². The molecule has 0 bridgehead atoms. The number of Topliss-reactive ketones (excluding diaryl/α,β-unsaturated/α-hetero) is 1. The predicted molar refractivity (Wildman–Crippen MR) is 43.3 cm³/mol. The van der Waals surface area contributed by atoms with Gasteiger partial charge in [0.25, 0.3) is 0 Å². The van der Waals surface area contributed by atoms with Gasteiger partial charge in [0.1, 0.15) is 0 Å². The molecule has 0 aliphatic rings. The van der Waals surface area contributed by atoms with Gasteiger partial charge in [0.15, 0.2) is 5.78 Å². The average molecular weight is 155 g/mol. The Balaban J connectivity index is 2.88. The van der Waals surface area contributed by atoms with E-state index in [-0.39, 0.29) is 5.78 Å². The van der Waals surface area contributed by atoms with Crippen molar-refractivity contribution < 1.29 is 4.79 Å². The van der Waals surface area contributed by atoms with Crippen molar-refractivity contribution in [1.82, 2.24) is 3.97 Å². The Hall–Kier alpha value is -0.700. The number of ketones is 1. The molecule has 0 atom stereocenters. The lowest BCUT2D eigenvalue weighted by Crippen LogP contribution is -1.87. The standard InChI is InChI=1S/C7H9NOS/c1-6(9)7-3-4-8(5-7)10-2/h3-5H,1-2H3. The first-order valence-corrected chi connectivity index (χ1v) is 4.15. The summed E-state index contributed by atoms with van der Waals surface area (Å²) >= 11 is 1.57. The molecule has 2 nitrogen and oxygen atoms in total. The second-order valence-electron chi connectivity index (χ2n) is 2.00.